The van der Waals surface area contributed by atoms with Crippen LogP contribution in [0.1, 0.15) is 11.1 Å². The lowest BCUT2D eigenvalue weighted by Crippen LogP contribution is -2.27. The van der Waals surface area contributed by atoms with Gasteiger partial charge in [-0.3, -0.25) is 0 Å². The normalized spacial score (nSPS) is 11.5. The third-order valence-corrected chi connectivity index (χ3v) is 19.9. The van der Waals surface area contributed by atoms with E-state index in [2.05, 4.69) is 62.2 Å². The first-order chi connectivity index (χ1) is 40.8. The molecule has 0 radical (unpaired) electrons. The van der Waals surface area contributed by atoms with Gasteiger partial charge in [-0.05, 0) is 70.3 Å². The lowest BCUT2D eigenvalue weighted by molar-refractivity contribution is 0.489. The molecular weight excluding hydrogens is 1050 g/mol. The van der Waals surface area contributed by atoms with Gasteiger partial charge >= 0.3 is 0 Å². The monoisotopic (exact) mass is 1110 g/mol. The van der Waals surface area contributed by atoms with Crippen LogP contribution in [0.3, 0.4) is 0 Å². The second-order valence-electron chi connectivity index (χ2n) is 19.2. The second kappa shape index (κ2) is 26.9. The minimum Gasteiger partial charge on any atom is -0.456 e. The molecule has 402 valence electrons. The van der Waals surface area contributed by atoms with E-state index in [0.29, 0.717) is 39.6 Å². The summed E-state index contributed by atoms with van der Waals surface area (Å²) in [5.74, 6) is 2.73. The first-order valence-electron chi connectivity index (χ1n) is 27.1. The maximum absolute atomic E-state index is 15.2. The first-order valence-corrected chi connectivity index (χ1v) is 30.5. The third-order valence-electron chi connectivity index (χ3n) is 13.7. The minimum atomic E-state index is -3.32. The smallest absolute Gasteiger partial charge is 0.174 e. The van der Waals surface area contributed by atoms with Gasteiger partial charge in [0.15, 0.2) is 31.8 Å². The average molecular weight is 1110 g/mol. The average Bonchev–Trinajstić information content (AvgIpc) is 3.64. The summed E-state index contributed by atoms with van der Waals surface area (Å²) in [5.41, 5.74) is 7.86. The predicted molar refractivity (Wildman–Crippen MR) is 350 cm³/mol. The highest BCUT2D eigenvalue weighted by molar-refractivity contribution is 7.86. The molecule has 0 spiro atoms. The number of benzene rings is 10. The minimum absolute atomic E-state index is 0.462. The Kier molecular flexibility index (Phi) is 18.2. The Morgan fingerprint density at radius 3 is 1.23 bits per heavy atom. The van der Waals surface area contributed by atoms with Crippen molar-refractivity contribution in [2.24, 2.45) is 0 Å². The van der Waals surface area contributed by atoms with Crippen molar-refractivity contribution in [2.75, 3.05) is 0 Å². The second-order valence-corrected chi connectivity index (χ2v) is 24.6. The lowest BCUT2D eigenvalue weighted by Gasteiger charge is -2.25. The van der Waals surface area contributed by atoms with E-state index < -0.39 is 14.3 Å². The van der Waals surface area contributed by atoms with Crippen LogP contribution in [0.5, 0.6) is 11.5 Å². The molecule has 6 nitrogen and oxygen atoms in total. The van der Waals surface area contributed by atoms with Crippen molar-refractivity contribution >= 4 is 57.8 Å². The summed E-state index contributed by atoms with van der Waals surface area (Å²) in [6.45, 7) is 11.7. The molecule has 0 N–H and O–H groups in total. The van der Waals surface area contributed by atoms with Crippen LogP contribution in [0, 0.1) is 0 Å². The van der Waals surface area contributed by atoms with Gasteiger partial charge in [-0.15, -0.1) is 0 Å². The summed E-state index contributed by atoms with van der Waals surface area (Å²) in [7, 11) is -6.63. The highest BCUT2D eigenvalue weighted by atomic mass is 31.2. The van der Waals surface area contributed by atoms with Crippen molar-refractivity contribution in [2.45, 2.75) is 0 Å². The van der Waals surface area contributed by atoms with Gasteiger partial charge < -0.3 is 13.9 Å². The Morgan fingerprint density at radius 1 is 0.361 bits per heavy atom. The van der Waals surface area contributed by atoms with E-state index >= 15 is 9.13 Å². The van der Waals surface area contributed by atoms with Gasteiger partial charge in [0, 0.05) is 37.9 Å². The summed E-state index contributed by atoms with van der Waals surface area (Å²) >= 11 is 0. The molecule has 11 aromatic rings. The van der Waals surface area contributed by atoms with Crippen molar-refractivity contribution in [1.29, 1.82) is 0 Å². The Hall–Kier alpha value is -10.1. The van der Waals surface area contributed by atoms with E-state index in [1.165, 1.54) is 0 Å². The Balaban J connectivity index is 0.000000185. The standard InChI is InChI=1S/C39H31N3.C36H28O3P2/c1-4-6-8-10-17-30-18-13-23-34(26-30)37-40-38(35-24-14-21-32(27-35)29(3)16-7-5-2)42-39(41-37)36-25-15-22-33(28-36)31-19-11-9-12-20-31;37-40(29-17-5-1-6-18-29,30-19-7-2-8-20-30)35-27-15-13-25-33(35)39-34-26-14-16-28-36(34)41(38,31-21-9-3-10-22-31)32-23-11-4-12-24-32/h4-28H,1-3H2;1-28H/b8-6-,16-7-,17-10+;. The van der Waals surface area contributed by atoms with E-state index in [-0.39, 0.29) is 0 Å². The van der Waals surface area contributed by atoms with Crippen LogP contribution in [0.25, 0.3) is 56.9 Å². The fraction of sp³-hybridized carbons (Fsp3) is 0. The van der Waals surface area contributed by atoms with Crippen LogP contribution in [-0.4, -0.2) is 15.0 Å². The molecule has 1 aromatic heterocycles. The summed E-state index contributed by atoms with van der Waals surface area (Å²) in [4.78, 5) is 14.9. The number of rotatable bonds is 18. The fourth-order valence-corrected chi connectivity index (χ4v) is 15.1. The van der Waals surface area contributed by atoms with Crippen molar-refractivity contribution in [3.8, 4) is 56.8 Å². The van der Waals surface area contributed by atoms with Gasteiger partial charge in [0.25, 0.3) is 0 Å². The Bertz CT molecular complexity index is 4010. The third kappa shape index (κ3) is 13.1. The molecule has 0 atom stereocenters. The molecule has 0 aliphatic heterocycles. The predicted octanol–water partition coefficient (Wildman–Crippen LogP) is 16.8. The molecule has 0 aliphatic rings. The zero-order valence-corrected chi connectivity index (χ0v) is 47.5. The fourth-order valence-electron chi connectivity index (χ4n) is 9.59. The molecule has 83 heavy (non-hydrogen) atoms. The summed E-state index contributed by atoms with van der Waals surface area (Å²) in [5, 5.41) is 4.04. The van der Waals surface area contributed by atoms with Crippen molar-refractivity contribution in [1.82, 2.24) is 15.0 Å². The lowest BCUT2D eigenvalue weighted by atomic mass is 10.0. The Labute approximate surface area is 487 Å². The van der Waals surface area contributed by atoms with E-state index in [1.54, 1.807) is 12.2 Å². The number of aromatic nitrogens is 3. The molecule has 10 aromatic carbocycles. The largest absolute Gasteiger partial charge is 0.456 e. The molecule has 0 unspecified atom stereocenters. The van der Waals surface area contributed by atoms with Crippen molar-refractivity contribution in [3.05, 3.63) is 346 Å². The summed E-state index contributed by atoms with van der Waals surface area (Å²) in [6, 6.07) is 87.9. The molecule has 0 amide bonds. The van der Waals surface area contributed by atoms with Gasteiger partial charge in [0.1, 0.15) is 11.5 Å². The topological polar surface area (TPSA) is 82.0 Å². The number of ether oxygens (including phenoxy) is 1. The number of para-hydroxylation sites is 2. The molecule has 0 saturated heterocycles. The van der Waals surface area contributed by atoms with Crippen molar-refractivity contribution in [3.63, 3.8) is 0 Å². The maximum Gasteiger partial charge on any atom is 0.174 e. The molecule has 11 rings (SSSR count). The van der Waals surface area contributed by atoms with Crippen LogP contribution < -0.4 is 36.6 Å². The van der Waals surface area contributed by atoms with Crippen LogP contribution in [-0.2, 0) is 9.13 Å². The SMILES string of the molecule is C=C/C=C\C=C\c1cccc(-c2nc(-c3cccc(C(=C)/C=C\C=C)c3)nc(-c3cccc(-c4ccccc4)c3)n2)c1.O=P(c1ccccc1)(c1ccccc1)c1ccccc1Oc1ccccc1P(=O)(c1ccccc1)c1ccccc1. The first kappa shape index (κ1) is 56.2. The zero-order chi connectivity index (χ0) is 57.3. The zero-order valence-electron chi connectivity index (χ0n) is 45.7. The van der Waals surface area contributed by atoms with Gasteiger partial charge in [0.05, 0.1) is 10.6 Å². The van der Waals surface area contributed by atoms with Gasteiger partial charge in [-0.1, -0.05) is 299 Å². The van der Waals surface area contributed by atoms with E-state index in [1.807, 2.05) is 267 Å². The van der Waals surface area contributed by atoms with E-state index in [0.717, 1.165) is 65.7 Å². The number of allylic oxidation sites excluding steroid dienone is 8. The van der Waals surface area contributed by atoms with E-state index in [9.17, 15) is 0 Å². The van der Waals surface area contributed by atoms with Gasteiger partial charge in [0.2, 0.25) is 0 Å². The highest BCUT2D eigenvalue weighted by Crippen LogP contribution is 2.48. The molecule has 0 saturated carbocycles. The molecular formula is C75H59N3O3P2. The van der Waals surface area contributed by atoms with E-state index in [4.69, 9.17) is 19.7 Å². The quantitative estimate of drug-likeness (QED) is 0.0629. The highest BCUT2D eigenvalue weighted by Gasteiger charge is 2.35. The molecule has 1 heterocycles. The molecule has 0 aliphatic carbocycles. The van der Waals surface area contributed by atoms with Gasteiger partial charge in [-0.2, -0.15) is 0 Å². The van der Waals surface area contributed by atoms with Crippen molar-refractivity contribution < 1.29 is 13.9 Å². The molecule has 0 bridgehead atoms. The van der Waals surface area contributed by atoms with Crippen LogP contribution >= 0.6 is 14.3 Å². The number of nitrogens with zero attached hydrogens (tertiary/aromatic N) is 3. The van der Waals surface area contributed by atoms with Crippen LogP contribution in [0.15, 0.2) is 335 Å². The van der Waals surface area contributed by atoms with Gasteiger partial charge in [-0.25, -0.2) is 15.0 Å². The maximum atomic E-state index is 15.2. The number of hydrogen-bond donors (Lipinski definition) is 0. The Morgan fingerprint density at radius 2 is 0.747 bits per heavy atom. The van der Waals surface area contributed by atoms with Crippen LogP contribution in [0.4, 0.5) is 0 Å². The number of hydrogen-bond acceptors (Lipinski definition) is 6. The molecule has 8 heteroatoms. The summed E-state index contributed by atoms with van der Waals surface area (Å²) in [6.07, 6.45) is 15.2. The summed E-state index contributed by atoms with van der Waals surface area (Å²) < 4.78 is 37.1. The van der Waals surface area contributed by atoms with Crippen LogP contribution in [0.2, 0.25) is 0 Å². The molecule has 0 fully saturated rings.